The Kier molecular flexibility index (Phi) is 8.20. The number of fused-ring (bicyclic) bond motifs is 2. The number of methoxy groups -OCH3 is 2. The van der Waals surface area contributed by atoms with Crippen molar-refractivity contribution in [3.63, 3.8) is 0 Å². The number of carbonyl (C=O) groups is 2. The lowest BCUT2D eigenvalue weighted by molar-refractivity contribution is 0.0940. The molecule has 0 bridgehead atoms. The predicted octanol–water partition coefficient (Wildman–Crippen LogP) is 5.60. The van der Waals surface area contributed by atoms with Crippen molar-refractivity contribution in [3.05, 3.63) is 101 Å². The summed E-state index contributed by atoms with van der Waals surface area (Å²) in [6, 6.07) is 25.5. The number of carbonyl (C=O) groups excluding carboxylic acids is 2. The van der Waals surface area contributed by atoms with E-state index in [1.165, 1.54) is 12.8 Å². The summed E-state index contributed by atoms with van der Waals surface area (Å²) in [6.45, 7) is 2.61. The molecule has 2 amide bonds. The zero-order chi connectivity index (χ0) is 29.9. The predicted molar refractivity (Wildman–Crippen MR) is 168 cm³/mol. The Hall–Kier alpha value is -4.56. The molecule has 1 atom stereocenters. The van der Waals surface area contributed by atoms with Gasteiger partial charge >= 0.3 is 0 Å². The minimum Gasteiger partial charge on any atom is -0.496 e. The van der Waals surface area contributed by atoms with Gasteiger partial charge in [0.1, 0.15) is 17.2 Å². The van der Waals surface area contributed by atoms with Gasteiger partial charge in [-0.3, -0.25) is 9.59 Å². The van der Waals surface area contributed by atoms with Crippen LogP contribution in [-0.4, -0.2) is 61.7 Å². The molecule has 1 saturated heterocycles. The van der Waals surface area contributed by atoms with Crippen LogP contribution in [-0.2, 0) is 13.1 Å². The first-order valence-electron chi connectivity index (χ1n) is 14.9. The van der Waals surface area contributed by atoms with Crippen LogP contribution in [0.4, 0.5) is 5.69 Å². The molecule has 43 heavy (non-hydrogen) atoms. The van der Waals surface area contributed by atoms with Crippen molar-refractivity contribution in [2.24, 2.45) is 0 Å². The van der Waals surface area contributed by atoms with Crippen LogP contribution in [0.5, 0.6) is 11.5 Å². The molecule has 0 saturated carbocycles. The highest BCUT2D eigenvalue weighted by atomic mass is 16.5. The number of nitrogens with one attached hydrogen (secondary N) is 1. The van der Waals surface area contributed by atoms with E-state index in [0.29, 0.717) is 42.7 Å². The fourth-order valence-corrected chi connectivity index (χ4v) is 6.40. The number of amides is 2. The van der Waals surface area contributed by atoms with Gasteiger partial charge in [-0.1, -0.05) is 36.4 Å². The first-order valence-corrected chi connectivity index (χ1v) is 14.9. The van der Waals surface area contributed by atoms with Crippen molar-refractivity contribution in [1.29, 1.82) is 0 Å². The quantitative estimate of drug-likeness (QED) is 0.295. The normalized spacial score (nSPS) is 16.3. The second-order valence-corrected chi connectivity index (χ2v) is 11.3. The maximum atomic E-state index is 14.2. The number of hydrogen-bond acceptors (Lipinski definition) is 5. The first kappa shape index (κ1) is 28.6. The Labute approximate surface area is 252 Å². The summed E-state index contributed by atoms with van der Waals surface area (Å²) < 4.78 is 13.3. The zero-order valence-electron chi connectivity index (χ0n) is 25.0. The van der Waals surface area contributed by atoms with Crippen LogP contribution in [0.25, 0.3) is 11.1 Å². The molecule has 8 nitrogen and oxygen atoms in total. The molecule has 1 N–H and O–H groups in total. The zero-order valence-corrected chi connectivity index (χ0v) is 25.0. The average Bonchev–Trinajstić information content (AvgIpc) is 3.60. The second kappa shape index (κ2) is 12.4. The summed E-state index contributed by atoms with van der Waals surface area (Å²) in [5.41, 5.74) is 5.58. The van der Waals surface area contributed by atoms with E-state index in [4.69, 9.17) is 9.47 Å². The molecule has 0 spiro atoms. The number of likely N-dealkylation sites (tertiary alicyclic amines) is 1. The molecule has 1 fully saturated rings. The molecule has 0 aliphatic carbocycles. The SMILES string of the molecule is COc1ccccc1-c1ccc(C(=O)N2Cc3ccc(C(=O)NCCC4CCCN4C)n3Cc3ccccc32)cc1OC. The van der Waals surface area contributed by atoms with E-state index >= 15 is 0 Å². The minimum absolute atomic E-state index is 0.0826. The maximum absolute atomic E-state index is 14.2. The van der Waals surface area contributed by atoms with Crippen molar-refractivity contribution in [2.75, 3.05) is 39.3 Å². The van der Waals surface area contributed by atoms with Crippen LogP contribution in [0, 0.1) is 0 Å². The van der Waals surface area contributed by atoms with Gasteiger partial charge in [-0.2, -0.15) is 0 Å². The lowest BCUT2D eigenvalue weighted by Crippen LogP contribution is -2.33. The highest BCUT2D eigenvalue weighted by molar-refractivity contribution is 6.07. The number of hydrogen-bond donors (Lipinski definition) is 1. The van der Waals surface area contributed by atoms with Gasteiger partial charge in [0.2, 0.25) is 0 Å². The van der Waals surface area contributed by atoms with Crippen LogP contribution >= 0.6 is 0 Å². The third-order valence-electron chi connectivity index (χ3n) is 8.76. The van der Waals surface area contributed by atoms with Gasteiger partial charge in [0.05, 0.1) is 27.3 Å². The molecule has 8 heteroatoms. The van der Waals surface area contributed by atoms with Crippen LogP contribution < -0.4 is 19.7 Å². The van der Waals surface area contributed by atoms with E-state index < -0.39 is 0 Å². The standard InChI is InChI=1S/C35H38N4O4/c1-37-20-8-10-26(37)18-19-36-34(40)31-17-15-27-23-39(30-12-6-4-9-25(30)22-38(27)31)35(41)24-14-16-29(33(21-24)43-3)28-11-5-7-13-32(28)42-2/h4-7,9,11-17,21,26H,8,10,18-20,22-23H2,1-3H3,(H,36,40). The largest absolute Gasteiger partial charge is 0.496 e. The van der Waals surface area contributed by atoms with E-state index in [0.717, 1.165) is 46.8 Å². The maximum Gasteiger partial charge on any atom is 0.267 e. The van der Waals surface area contributed by atoms with E-state index in [1.807, 2.05) is 77.4 Å². The Morgan fingerprint density at radius 3 is 2.44 bits per heavy atom. The molecule has 6 rings (SSSR count). The molecular weight excluding hydrogens is 540 g/mol. The topological polar surface area (TPSA) is 76.0 Å². The van der Waals surface area contributed by atoms with Crippen LogP contribution in [0.3, 0.4) is 0 Å². The molecule has 3 heterocycles. The molecule has 1 aromatic heterocycles. The fraction of sp³-hybridized carbons (Fsp3) is 0.314. The van der Waals surface area contributed by atoms with Crippen LogP contribution in [0.1, 0.15) is 51.4 Å². The summed E-state index contributed by atoms with van der Waals surface area (Å²) in [5, 5.41) is 3.14. The third kappa shape index (κ3) is 5.62. The summed E-state index contributed by atoms with van der Waals surface area (Å²) >= 11 is 0. The van der Waals surface area contributed by atoms with Gasteiger partial charge in [0.15, 0.2) is 0 Å². The van der Waals surface area contributed by atoms with Crippen molar-refractivity contribution >= 4 is 17.5 Å². The van der Waals surface area contributed by atoms with E-state index in [1.54, 1.807) is 25.2 Å². The number of rotatable bonds is 8. The second-order valence-electron chi connectivity index (χ2n) is 11.3. The summed E-state index contributed by atoms with van der Waals surface area (Å²) in [4.78, 5) is 31.6. The fourth-order valence-electron chi connectivity index (χ4n) is 6.40. The lowest BCUT2D eigenvalue weighted by Gasteiger charge is -2.23. The molecule has 1 unspecified atom stereocenters. The summed E-state index contributed by atoms with van der Waals surface area (Å²) in [7, 11) is 5.40. The van der Waals surface area contributed by atoms with Crippen molar-refractivity contribution in [1.82, 2.24) is 14.8 Å². The third-order valence-corrected chi connectivity index (χ3v) is 8.76. The van der Waals surface area contributed by atoms with E-state index in [-0.39, 0.29) is 11.8 Å². The lowest BCUT2D eigenvalue weighted by atomic mass is 10.0. The molecule has 0 radical (unpaired) electrons. The number of aromatic nitrogens is 1. The minimum atomic E-state index is -0.140. The number of anilines is 1. The Morgan fingerprint density at radius 1 is 0.884 bits per heavy atom. The van der Waals surface area contributed by atoms with E-state index in [9.17, 15) is 9.59 Å². The van der Waals surface area contributed by atoms with Crippen molar-refractivity contribution in [3.8, 4) is 22.6 Å². The van der Waals surface area contributed by atoms with Gasteiger partial charge in [-0.15, -0.1) is 0 Å². The van der Waals surface area contributed by atoms with Crippen LogP contribution in [0.15, 0.2) is 78.9 Å². The van der Waals surface area contributed by atoms with Crippen molar-refractivity contribution < 1.29 is 19.1 Å². The average molecular weight is 579 g/mol. The summed E-state index contributed by atoms with van der Waals surface area (Å²) in [6.07, 6.45) is 3.34. The van der Waals surface area contributed by atoms with Crippen LogP contribution in [0.2, 0.25) is 0 Å². The van der Waals surface area contributed by atoms with Gasteiger partial charge in [0.25, 0.3) is 11.8 Å². The van der Waals surface area contributed by atoms with E-state index in [2.05, 4.69) is 17.3 Å². The van der Waals surface area contributed by atoms with Gasteiger partial charge in [0, 0.05) is 40.7 Å². The first-order chi connectivity index (χ1) is 21.0. The Balaban J connectivity index is 1.27. The molecule has 2 aliphatic heterocycles. The smallest absolute Gasteiger partial charge is 0.267 e. The molecule has 222 valence electrons. The number of para-hydroxylation sites is 2. The van der Waals surface area contributed by atoms with Gasteiger partial charge < -0.3 is 29.2 Å². The Bertz CT molecular complexity index is 1640. The van der Waals surface area contributed by atoms with Gasteiger partial charge in [-0.05, 0) is 80.9 Å². The number of ether oxygens (including phenoxy) is 2. The molecule has 2 aliphatic rings. The Morgan fingerprint density at radius 2 is 1.65 bits per heavy atom. The molecule has 3 aromatic carbocycles. The number of benzene rings is 3. The monoisotopic (exact) mass is 578 g/mol. The highest BCUT2D eigenvalue weighted by Gasteiger charge is 2.28. The summed E-state index contributed by atoms with van der Waals surface area (Å²) in [5.74, 6) is 1.09. The van der Waals surface area contributed by atoms with Crippen molar-refractivity contribution in [2.45, 2.75) is 38.4 Å². The highest BCUT2D eigenvalue weighted by Crippen LogP contribution is 2.38. The molecular formula is C35H38N4O4. The van der Waals surface area contributed by atoms with Gasteiger partial charge in [-0.25, -0.2) is 0 Å². The molecule has 4 aromatic rings. The number of nitrogens with zero attached hydrogens (tertiary/aromatic N) is 3.